The lowest BCUT2D eigenvalue weighted by atomic mass is 9.98. The second-order valence-electron chi connectivity index (χ2n) is 4.05. The number of ether oxygens (including phenoxy) is 1. The summed E-state index contributed by atoms with van der Waals surface area (Å²) in [6.45, 7) is 0. The van der Waals surface area contributed by atoms with Crippen LogP contribution in [-0.2, 0) is 4.74 Å². The van der Waals surface area contributed by atoms with E-state index in [9.17, 15) is 13.2 Å². The summed E-state index contributed by atoms with van der Waals surface area (Å²) in [7, 11) is 0. The maximum absolute atomic E-state index is 12.2. The minimum Gasteiger partial charge on any atom is -0.413 e. The van der Waals surface area contributed by atoms with Gasteiger partial charge in [0.1, 0.15) is 6.26 Å². The van der Waals surface area contributed by atoms with Gasteiger partial charge in [0.05, 0.1) is 0 Å². The van der Waals surface area contributed by atoms with Crippen molar-refractivity contribution in [1.82, 2.24) is 0 Å². The zero-order valence-corrected chi connectivity index (χ0v) is 10.4. The molecule has 0 heterocycles. The second-order valence-corrected chi connectivity index (χ2v) is 4.05. The number of nitrogen functional groups attached to an aromatic ring is 1. The summed E-state index contributed by atoms with van der Waals surface area (Å²) in [6, 6.07) is 15.3. The van der Waals surface area contributed by atoms with Crippen molar-refractivity contribution in [2.45, 2.75) is 6.36 Å². The van der Waals surface area contributed by atoms with Crippen LogP contribution >= 0.6 is 0 Å². The van der Waals surface area contributed by atoms with Gasteiger partial charge in [-0.3, -0.25) is 0 Å². The summed E-state index contributed by atoms with van der Waals surface area (Å²) in [4.78, 5) is 0. The molecule has 2 nitrogen and oxygen atoms in total. The largest absolute Gasteiger partial charge is 0.572 e. The van der Waals surface area contributed by atoms with E-state index in [2.05, 4.69) is 4.74 Å². The summed E-state index contributed by atoms with van der Waals surface area (Å²) < 4.78 is 40.6. The van der Waals surface area contributed by atoms with E-state index >= 15 is 0 Å². The number of halogens is 3. The van der Waals surface area contributed by atoms with Gasteiger partial charge in [0.25, 0.3) is 0 Å². The highest BCUT2D eigenvalue weighted by Crippen LogP contribution is 2.29. The van der Waals surface area contributed by atoms with Crippen molar-refractivity contribution < 1.29 is 17.9 Å². The van der Waals surface area contributed by atoms with Crippen LogP contribution in [0, 0.1) is 0 Å². The molecular formula is C15H12F3NO. The standard InChI is InChI=1S/C15H12F3NO/c16-15(17,18)20-10-13(11-6-2-1-3-7-11)12-8-4-5-9-14(12)19/h1-10H,19H2. The first-order chi connectivity index (χ1) is 9.47. The fourth-order valence-electron chi connectivity index (χ4n) is 1.77. The van der Waals surface area contributed by atoms with Gasteiger partial charge >= 0.3 is 6.36 Å². The molecule has 0 aliphatic carbocycles. The molecule has 20 heavy (non-hydrogen) atoms. The maximum atomic E-state index is 12.2. The van der Waals surface area contributed by atoms with E-state index < -0.39 is 6.36 Å². The van der Waals surface area contributed by atoms with Crippen LogP contribution in [0.3, 0.4) is 0 Å². The Morgan fingerprint density at radius 2 is 1.55 bits per heavy atom. The molecule has 0 atom stereocenters. The molecule has 104 valence electrons. The molecule has 0 saturated heterocycles. The van der Waals surface area contributed by atoms with Crippen LogP contribution in [-0.4, -0.2) is 6.36 Å². The number of hydrogen-bond acceptors (Lipinski definition) is 2. The van der Waals surface area contributed by atoms with Crippen LogP contribution < -0.4 is 5.73 Å². The van der Waals surface area contributed by atoms with Crippen LogP contribution in [0.1, 0.15) is 11.1 Å². The maximum Gasteiger partial charge on any atom is 0.572 e. The van der Waals surface area contributed by atoms with Gasteiger partial charge in [0.2, 0.25) is 0 Å². The number of nitrogens with two attached hydrogens (primary N) is 1. The Labute approximate surface area is 114 Å². The molecule has 0 bridgehead atoms. The van der Waals surface area contributed by atoms with Gasteiger partial charge in [-0.15, -0.1) is 13.2 Å². The molecule has 2 N–H and O–H groups in total. The first kappa shape index (κ1) is 14.0. The predicted molar refractivity (Wildman–Crippen MR) is 71.5 cm³/mol. The summed E-state index contributed by atoms with van der Waals surface area (Å²) in [5.41, 5.74) is 7.56. The molecule has 0 aromatic heterocycles. The molecule has 0 amide bonds. The van der Waals surface area contributed by atoms with E-state index in [1.165, 1.54) is 0 Å². The van der Waals surface area contributed by atoms with E-state index in [0.29, 0.717) is 23.1 Å². The smallest absolute Gasteiger partial charge is 0.413 e. The molecule has 0 radical (unpaired) electrons. The van der Waals surface area contributed by atoms with Crippen molar-refractivity contribution in [1.29, 1.82) is 0 Å². The number of para-hydroxylation sites is 1. The quantitative estimate of drug-likeness (QED) is 0.675. The average molecular weight is 279 g/mol. The molecule has 2 rings (SSSR count). The molecule has 0 spiro atoms. The van der Waals surface area contributed by atoms with E-state index in [-0.39, 0.29) is 5.57 Å². The summed E-state index contributed by atoms with van der Waals surface area (Å²) >= 11 is 0. The molecule has 2 aromatic carbocycles. The second kappa shape index (κ2) is 5.69. The lowest BCUT2D eigenvalue weighted by Crippen LogP contribution is -2.09. The van der Waals surface area contributed by atoms with Crippen molar-refractivity contribution in [3.05, 3.63) is 72.0 Å². The van der Waals surface area contributed by atoms with Crippen molar-refractivity contribution in [2.75, 3.05) is 5.73 Å². The predicted octanol–water partition coefficient (Wildman–Crippen LogP) is 4.19. The van der Waals surface area contributed by atoms with Gasteiger partial charge in [0, 0.05) is 16.8 Å². The number of anilines is 1. The minimum absolute atomic E-state index is 0.279. The Bertz CT molecular complexity index is 606. The first-order valence-electron chi connectivity index (χ1n) is 5.82. The highest BCUT2D eigenvalue weighted by Gasteiger charge is 2.29. The molecular weight excluding hydrogens is 267 g/mol. The zero-order chi connectivity index (χ0) is 14.6. The summed E-state index contributed by atoms with van der Waals surface area (Å²) in [5, 5.41) is 0. The highest BCUT2D eigenvalue weighted by molar-refractivity contribution is 5.84. The van der Waals surface area contributed by atoms with Gasteiger partial charge in [-0.2, -0.15) is 0 Å². The monoisotopic (exact) mass is 279 g/mol. The summed E-state index contributed by atoms with van der Waals surface area (Å²) in [5.74, 6) is 0. The Kier molecular flexibility index (Phi) is 3.98. The Balaban J connectivity index is 2.48. The van der Waals surface area contributed by atoms with E-state index in [4.69, 9.17) is 5.73 Å². The number of benzene rings is 2. The van der Waals surface area contributed by atoms with Gasteiger partial charge in [-0.25, -0.2) is 0 Å². The fourth-order valence-corrected chi connectivity index (χ4v) is 1.77. The molecule has 5 heteroatoms. The van der Waals surface area contributed by atoms with Crippen LogP contribution in [0.15, 0.2) is 60.9 Å². The van der Waals surface area contributed by atoms with Gasteiger partial charge in [-0.1, -0.05) is 48.5 Å². The van der Waals surface area contributed by atoms with Gasteiger partial charge < -0.3 is 10.5 Å². The third-order valence-corrected chi connectivity index (χ3v) is 2.65. The van der Waals surface area contributed by atoms with Crippen LogP contribution in [0.4, 0.5) is 18.9 Å². The minimum atomic E-state index is -4.73. The molecule has 0 unspecified atom stereocenters. The van der Waals surface area contributed by atoms with Gasteiger partial charge in [0.15, 0.2) is 0 Å². The zero-order valence-electron chi connectivity index (χ0n) is 10.4. The van der Waals surface area contributed by atoms with E-state index in [1.807, 2.05) is 0 Å². The molecule has 0 saturated carbocycles. The Morgan fingerprint density at radius 3 is 2.15 bits per heavy atom. The normalized spacial score (nSPS) is 12.2. The van der Waals surface area contributed by atoms with Crippen molar-refractivity contribution in [3.63, 3.8) is 0 Å². The van der Waals surface area contributed by atoms with Crippen LogP contribution in [0.2, 0.25) is 0 Å². The lowest BCUT2D eigenvalue weighted by molar-refractivity contribution is -0.297. The van der Waals surface area contributed by atoms with Crippen molar-refractivity contribution >= 4 is 11.3 Å². The van der Waals surface area contributed by atoms with E-state index in [0.717, 1.165) is 0 Å². The molecule has 0 aliphatic rings. The highest BCUT2D eigenvalue weighted by atomic mass is 19.4. The average Bonchev–Trinajstić information content (AvgIpc) is 2.41. The topological polar surface area (TPSA) is 35.2 Å². The number of hydrogen-bond donors (Lipinski definition) is 1. The van der Waals surface area contributed by atoms with Crippen LogP contribution in [0.5, 0.6) is 0 Å². The third-order valence-electron chi connectivity index (χ3n) is 2.65. The fraction of sp³-hybridized carbons (Fsp3) is 0.0667. The summed E-state index contributed by atoms with van der Waals surface area (Å²) in [6.07, 6.45) is -4.05. The Hall–Kier alpha value is -2.43. The number of alkyl halides is 3. The molecule has 0 aliphatic heterocycles. The Morgan fingerprint density at radius 1 is 0.950 bits per heavy atom. The third kappa shape index (κ3) is 3.54. The SMILES string of the molecule is Nc1ccccc1C(=COC(F)(F)F)c1ccccc1. The molecule has 0 fully saturated rings. The number of rotatable bonds is 3. The van der Waals surface area contributed by atoms with Crippen molar-refractivity contribution in [2.24, 2.45) is 0 Å². The van der Waals surface area contributed by atoms with Gasteiger partial charge in [-0.05, 0) is 11.6 Å². The lowest BCUT2D eigenvalue weighted by Gasteiger charge is -2.12. The van der Waals surface area contributed by atoms with E-state index in [1.54, 1.807) is 54.6 Å². The molecule has 2 aromatic rings. The van der Waals surface area contributed by atoms with Crippen molar-refractivity contribution in [3.8, 4) is 0 Å². The first-order valence-corrected chi connectivity index (χ1v) is 5.82. The van der Waals surface area contributed by atoms with Crippen LogP contribution in [0.25, 0.3) is 5.57 Å².